The van der Waals surface area contributed by atoms with Gasteiger partial charge in [-0.05, 0) is 13.0 Å². The summed E-state index contributed by atoms with van der Waals surface area (Å²) in [5.74, 6) is 2.03. The number of aliphatic hydroxyl groups excluding tert-OH is 1. The molecule has 1 aromatic carbocycles. The maximum atomic E-state index is 11.7. The van der Waals surface area contributed by atoms with E-state index in [1.165, 1.54) is 7.11 Å². The first-order valence-corrected chi connectivity index (χ1v) is 7.58. The molecule has 0 saturated carbocycles. The van der Waals surface area contributed by atoms with E-state index in [0.717, 1.165) is 11.5 Å². The van der Waals surface area contributed by atoms with E-state index in [9.17, 15) is 9.90 Å². The van der Waals surface area contributed by atoms with Gasteiger partial charge >= 0.3 is 5.97 Å². The Morgan fingerprint density at radius 1 is 1.50 bits per heavy atom. The molecule has 6 heteroatoms. The van der Waals surface area contributed by atoms with Gasteiger partial charge in [-0.15, -0.1) is 0 Å². The highest BCUT2D eigenvalue weighted by Crippen LogP contribution is 2.38. The van der Waals surface area contributed by atoms with Gasteiger partial charge in [-0.2, -0.15) is 11.8 Å². The molecule has 1 aromatic rings. The summed E-state index contributed by atoms with van der Waals surface area (Å²) in [6.45, 7) is 1.91. The monoisotopic (exact) mass is 298 g/mol. The summed E-state index contributed by atoms with van der Waals surface area (Å²) in [6, 6.07) is 5.09. The number of aliphatic hydroxyl groups is 1. The van der Waals surface area contributed by atoms with Crippen LogP contribution < -0.4 is 9.47 Å². The van der Waals surface area contributed by atoms with E-state index in [1.54, 1.807) is 36.9 Å². The molecule has 5 nitrogen and oxygen atoms in total. The summed E-state index contributed by atoms with van der Waals surface area (Å²) in [5.41, 5.74) is 0.375. The minimum Gasteiger partial charge on any atom is -0.493 e. The Kier molecular flexibility index (Phi) is 5.14. The molecular formula is C14H18O5S. The average molecular weight is 298 g/mol. The van der Waals surface area contributed by atoms with E-state index < -0.39 is 12.1 Å². The van der Waals surface area contributed by atoms with Crippen LogP contribution in [0.5, 0.6) is 11.5 Å². The highest BCUT2D eigenvalue weighted by Gasteiger charge is 2.28. The highest BCUT2D eigenvalue weighted by atomic mass is 32.2. The fraction of sp³-hybridized carbons (Fsp3) is 0.500. The van der Waals surface area contributed by atoms with E-state index >= 15 is 0 Å². The summed E-state index contributed by atoms with van der Waals surface area (Å²) in [6.07, 6.45) is -1.28. The van der Waals surface area contributed by atoms with Gasteiger partial charge in [0.15, 0.2) is 17.6 Å². The fourth-order valence-electron chi connectivity index (χ4n) is 1.83. The number of hydrogen-bond acceptors (Lipinski definition) is 6. The lowest BCUT2D eigenvalue weighted by molar-refractivity contribution is -0.153. The Morgan fingerprint density at radius 3 is 2.80 bits per heavy atom. The first-order valence-electron chi connectivity index (χ1n) is 6.43. The Bertz CT molecular complexity index is 473. The maximum Gasteiger partial charge on any atom is 0.339 e. The van der Waals surface area contributed by atoms with E-state index in [2.05, 4.69) is 0 Å². The van der Waals surface area contributed by atoms with Gasteiger partial charge in [-0.25, -0.2) is 4.79 Å². The largest absolute Gasteiger partial charge is 0.493 e. The van der Waals surface area contributed by atoms with Crippen LogP contribution in [0.4, 0.5) is 0 Å². The lowest BCUT2D eigenvalue weighted by Crippen LogP contribution is -2.32. The van der Waals surface area contributed by atoms with Crippen molar-refractivity contribution in [2.45, 2.75) is 19.1 Å². The Labute approximate surface area is 122 Å². The van der Waals surface area contributed by atoms with Gasteiger partial charge in [0.25, 0.3) is 0 Å². The second-order valence-corrected chi connectivity index (χ2v) is 5.39. The topological polar surface area (TPSA) is 65.0 Å². The third-order valence-electron chi connectivity index (χ3n) is 2.93. The number of benzene rings is 1. The number of carbonyl (C=O) groups is 1. The van der Waals surface area contributed by atoms with Crippen LogP contribution in [0, 0.1) is 0 Å². The van der Waals surface area contributed by atoms with E-state index in [1.807, 2.05) is 0 Å². The SMILES string of the molecule is CCOC(=O)C(O)c1cccc(OC)c1OC1CSC1. The van der Waals surface area contributed by atoms with Crippen LogP contribution in [0.1, 0.15) is 18.6 Å². The Balaban J connectivity index is 2.27. The molecule has 0 aliphatic carbocycles. The molecule has 110 valence electrons. The quantitative estimate of drug-likeness (QED) is 0.808. The predicted molar refractivity (Wildman–Crippen MR) is 76.3 cm³/mol. The molecule has 1 atom stereocenters. The predicted octanol–water partition coefficient (Wildman–Crippen LogP) is 1.79. The molecule has 0 aromatic heterocycles. The van der Waals surface area contributed by atoms with Crippen LogP contribution in [-0.2, 0) is 9.53 Å². The molecule has 0 radical (unpaired) electrons. The van der Waals surface area contributed by atoms with Gasteiger partial charge in [0.2, 0.25) is 0 Å². The molecule has 0 amide bonds. The third kappa shape index (κ3) is 3.19. The second-order valence-electron chi connectivity index (χ2n) is 4.31. The van der Waals surface area contributed by atoms with E-state index in [4.69, 9.17) is 14.2 Å². The molecule has 1 heterocycles. The molecule has 20 heavy (non-hydrogen) atoms. The molecular weight excluding hydrogens is 280 g/mol. The zero-order chi connectivity index (χ0) is 14.5. The number of hydrogen-bond donors (Lipinski definition) is 1. The van der Waals surface area contributed by atoms with Crippen LogP contribution in [-0.4, -0.2) is 42.4 Å². The molecule has 1 fully saturated rings. The summed E-state index contributed by atoms with van der Waals surface area (Å²) < 4.78 is 15.9. The van der Waals surface area contributed by atoms with Crippen LogP contribution >= 0.6 is 11.8 Å². The smallest absolute Gasteiger partial charge is 0.339 e. The van der Waals surface area contributed by atoms with Crippen molar-refractivity contribution in [2.24, 2.45) is 0 Å². The molecule has 1 unspecified atom stereocenters. The molecule has 1 aliphatic heterocycles. The fourth-order valence-corrected chi connectivity index (χ4v) is 2.40. The summed E-state index contributed by atoms with van der Waals surface area (Å²) in [4.78, 5) is 11.7. The summed E-state index contributed by atoms with van der Waals surface area (Å²) >= 11 is 1.79. The normalized spacial score (nSPS) is 16.1. The summed E-state index contributed by atoms with van der Waals surface area (Å²) in [7, 11) is 1.53. The number of ether oxygens (including phenoxy) is 3. The van der Waals surface area contributed by atoms with Gasteiger partial charge in [-0.1, -0.05) is 12.1 Å². The van der Waals surface area contributed by atoms with Crippen molar-refractivity contribution < 1.29 is 24.1 Å². The highest BCUT2D eigenvalue weighted by molar-refractivity contribution is 8.00. The van der Waals surface area contributed by atoms with Crippen molar-refractivity contribution in [3.8, 4) is 11.5 Å². The van der Waals surface area contributed by atoms with Gasteiger partial charge in [0.1, 0.15) is 6.10 Å². The van der Waals surface area contributed by atoms with Crippen molar-refractivity contribution >= 4 is 17.7 Å². The number of para-hydroxylation sites is 1. The van der Waals surface area contributed by atoms with Crippen molar-refractivity contribution in [1.29, 1.82) is 0 Å². The minimum atomic E-state index is -1.37. The van der Waals surface area contributed by atoms with Crippen molar-refractivity contribution in [1.82, 2.24) is 0 Å². The number of esters is 1. The molecule has 1 saturated heterocycles. The lowest BCUT2D eigenvalue weighted by Gasteiger charge is -2.28. The zero-order valence-electron chi connectivity index (χ0n) is 11.5. The van der Waals surface area contributed by atoms with Gasteiger partial charge in [-0.3, -0.25) is 0 Å². The third-order valence-corrected chi connectivity index (χ3v) is 4.14. The van der Waals surface area contributed by atoms with Gasteiger partial charge < -0.3 is 19.3 Å². The van der Waals surface area contributed by atoms with Crippen LogP contribution in [0.15, 0.2) is 18.2 Å². The number of thioether (sulfide) groups is 1. The number of carbonyl (C=O) groups excluding carboxylic acids is 1. The standard InChI is InChI=1S/C14H18O5S/c1-3-18-14(16)12(15)10-5-4-6-11(17-2)13(10)19-9-7-20-8-9/h4-6,9,12,15H,3,7-8H2,1-2H3. The Morgan fingerprint density at radius 2 is 2.25 bits per heavy atom. The molecule has 2 rings (SSSR count). The number of rotatable bonds is 6. The van der Waals surface area contributed by atoms with Crippen LogP contribution in [0.2, 0.25) is 0 Å². The lowest BCUT2D eigenvalue weighted by atomic mass is 10.1. The van der Waals surface area contributed by atoms with Gasteiger partial charge in [0.05, 0.1) is 13.7 Å². The number of methoxy groups -OCH3 is 1. The zero-order valence-corrected chi connectivity index (χ0v) is 12.3. The van der Waals surface area contributed by atoms with Crippen LogP contribution in [0.25, 0.3) is 0 Å². The first-order chi connectivity index (χ1) is 9.67. The minimum absolute atomic E-state index is 0.0874. The van der Waals surface area contributed by atoms with Crippen LogP contribution in [0.3, 0.4) is 0 Å². The molecule has 0 bridgehead atoms. The summed E-state index contributed by atoms with van der Waals surface area (Å²) in [5, 5.41) is 10.1. The van der Waals surface area contributed by atoms with Crippen molar-refractivity contribution in [3.63, 3.8) is 0 Å². The van der Waals surface area contributed by atoms with Gasteiger partial charge in [0, 0.05) is 17.1 Å². The first kappa shape index (κ1) is 15.0. The Hall–Kier alpha value is -1.40. The molecule has 0 spiro atoms. The maximum absolute atomic E-state index is 11.7. The van der Waals surface area contributed by atoms with E-state index in [-0.39, 0.29) is 12.7 Å². The molecule has 1 aliphatic rings. The van der Waals surface area contributed by atoms with E-state index in [0.29, 0.717) is 17.1 Å². The average Bonchev–Trinajstić information content (AvgIpc) is 2.42. The molecule has 1 N–H and O–H groups in total. The van der Waals surface area contributed by atoms with Crippen molar-refractivity contribution in [2.75, 3.05) is 25.2 Å². The second kappa shape index (κ2) is 6.85. The van der Waals surface area contributed by atoms with Crippen molar-refractivity contribution in [3.05, 3.63) is 23.8 Å².